The summed E-state index contributed by atoms with van der Waals surface area (Å²) in [6.07, 6.45) is 8.03. The maximum Gasteiger partial charge on any atom is 0.245 e. The smallest absolute Gasteiger partial charge is 0.245 e. The van der Waals surface area contributed by atoms with E-state index in [0.29, 0.717) is 11.6 Å². The Morgan fingerprint density at radius 1 is 0.920 bits per heavy atom. The Labute approximate surface area is 152 Å². The summed E-state index contributed by atoms with van der Waals surface area (Å²) in [6, 6.07) is -0.117. The van der Waals surface area contributed by atoms with Crippen LogP contribution in [0.25, 0.3) is 0 Å². The minimum Gasteiger partial charge on any atom is -0.341 e. The van der Waals surface area contributed by atoms with Gasteiger partial charge in [0.1, 0.15) is 6.04 Å². The summed E-state index contributed by atoms with van der Waals surface area (Å²) in [5, 5.41) is 9.97. The molecule has 3 aliphatic rings. The van der Waals surface area contributed by atoms with E-state index in [1.54, 1.807) is 4.90 Å². The lowest BCUT2D eigenvalue weighted by Crippen LogP contribution is -2.46. The van der Waals surface area contributed by atoms with E-state index < -0.39 is 0 Å². The SMILES string of the molecule is O=C([C@@H]1CCCN1c1nnc(N2CCCC2=O)s1)N1CCCCCC1. The first-order valence-corrected chi connectivity index (χ1v) is 10.2. The van der Waals surface area contributed by atoms with Gasteiger partial charge in [0.2, 0.25) is 22.1 Å². The summed E-state index contributed by atoms with van der Waals surface area (Å²) in [4.78, 5) is 30.8. The molecule has 0 saturated carbocycles. The number of nitrogens with zero attached hydrogens (tertiary/aromatic N) is 5. The first kappa shape index (κ1) is 16.8. The van der Waals surface area contributed by atoms with Crippen molar-refractivity contribution in [1.29, 1.82) is 0 Å². The van der Waals surface area contributed by atoms with Gasteiger partial charge in [0.05, 0.1) is 0 Å². The molecule has 0 aliphatic carbocycles. The number of likely N-dealkylation sites (tertiary alicyclic amines) is 1. The van der Waals surface area contributed by atoms with Gasteiger partial charge in [-0.1, -0.05) is 24.2 Å². The number of hydrogen-bond acceptors (Lipinski definition) is 6. The van der Waals surface area contributed by atoms with Crippen LogP contribution >= 0.6 is 11.3 Å². The number of rotatable bonds is 3. The molecule has 0 N–H and O–H groups in total. The van der Waals surface area contributed by atoms with Crippen LogP contribution in [-0.4, -0.2) is 59.1 Å². The molecule has 0 spiro atoms. The van der Waals surface area contributed by atoms with Crippen molar-refractivity contribution < 1.29 is 9.59 Å². The Bertz CT molecular complexity index is 641. The van der Waals surface area contributed by atoms with E-state index in [-0.39, 0.29) is 17.9 Å². The van der Waals surface area contributed by atoms with E-state index in [0.717, 1.165) is 63.4 Å². The van der Waals surface area contributed by atoms with E-state index in [2.05, 4.69) is 15.1 Å². The third kappa shape index (κ3) is 3.36. The van der Waals surface area contributed by atoms with Gasteiger partial charge in [-0.3, -0.25) is 14.5 Å². The van der Waals surface area contributed by atoms with E-state index in [1.165, 1.54) is 24.2 Å². The minimum atomic E-state index is -0.117. The van der Waals surface area contributed by atoms with Crippen molar-refractivity contribution in [2.45, 2.75) is 57.4 Å². The highest BCUT2D eigenvalue weighted by molar-refractivity contribution is 7.19. The molecule has 4 heterocycles. The first-order chi connectivity index (χ1) is 12.2. The predicted molar refractivity (Wildman–Crippen MR) is 96.9 cm³/mol. The zero-order chi connectivity index (χ0) is 17.2. The van der Waals surface area contributed by atoms with Crippen molar-refractivity contribution in [2.75, 3.05) is 36.0 Å². The molecule has 136 valence electrons. The van der Waals surface area contributed by atoms with Crippen molar-refractivity contribution in [3.8, 4) is 0 Å². The Morgan fingerprint density at radius 2 is 1.68 bits per heavy atom. The van der Waals surface area contributed by atoms with Crippen LogP contribution < -0.4 is 9.80 Å². The van der Waals surface area contributed by atoms with E-state index in [4.69, 9.17) is 0 Å². The molecule has 3 saturated heterocycles. The highest BCUT2D eigenvalue weighted by atomic mass is 32.1. The molecular weight excluding hydrogens is 338 g/mol. The molecule has 0 radical (unpaired) electrons. The summed E-state index contributed by atoms with van der Waals surface area (Å²) in [7, 11) is 0. The Kier molecular flexibility index (Phi) is 4.87. The molecule has 3 aliphatic heterocycles. The van der Waals surface area contributed by atoms with Crippen LogP contribution in [0.4, 0.5) is 10.3 Å². The predicted octanol–water partition coefficient (Wildman–Crippen LogP) is 2.04. The molecule has 3 fully saturated rings. The lowest BCUT2D eigenvalue weighted by atomic mass is 10.2. The number of carbonyl (C=O) groups excluding carboxylic acids is 2. The van der Waals surface area contributed by atoms with Gasteiger partial charge in [-0.25, -0.2) is 0 Å². The van der Waals surface area contributed by atoms with Crippen molar-refractivity contribution in [2.24, 2.45) is 0 Å². The van der Waals surface area contributed by atoms with Gasteiger partial charge in [0.15, 0.2) is 0 Å². The van der Waals surface area contributed by atoms with Crippen molar-refractivity contribution >= 4 is 33.4 Å². The van der Waals surface area contributed by atoms with Crippen molar-refractivity contribution in [1.82, 2.24) is 15.1 Å². The van der Waals surface area contributed by atoms with Crippen LogP contribution in [0.5, 0.6) is 0 Å². The van der Waals surface area contributed by atoms with E-state index >= 15 is 0 Å². The summed E-state index contributed by atoms with van der Waals surface area (Å²) >= 11 is 1.44. The zero-order valence-electron chi connectivity index (χ0n) is 14.5. The average molecular weight is 363 g/mol. The number of hydrogen-bond donors (Lipinski definition) is 0. The largest absolute Gasteiger partial charge is 0.341 e. The molecule has 4 rings (SSSR count). The Morgan fingerprint density at radius 3 is 2.40 bits per heavy atom. The Hall–Kier alpha value is -1.70. The van der Waals surface area contributed by atoms with Gasteiger partial charge in [-0.2, -0.15) is 0 Å². The quantitative estimate of drug-likeness (QED) is 0.822. The number of amides is 2. The fraction of sp³-hybridized carbons (Fsp3) is 0.765. The summed E-state index contributed by atoms with van der Waals surface area (Å²) < 4.78 is 0. The van der Waals surface area contributed by atoms with Gasteiger partial charge >= 0.3 is 0 Å². The number of aromatic nitrogens is 2. The summed E-state index contributed by atoms with van der Waals surface area (Å²) in [6.45, 7) is 3.33. The molecule has 8 heteroatoms. The lowest BCUT2D eigenvalue weighted by molar-refractivity contribution is -0.132. The highest BCUT2D eigenvalue weighted by Gasteiger charge is 2.36. The minimum absolute atomic E-state index is 0.117. The van der Waals surface area contributed by atoms with Gasteiger partial charge in [0.25, 0.3) is 0 Å². The van der Waals surface area contributed by atoms with Gasteiger partial charge in [0, 0.05) is 32.6 Å². The van der Waals surface area contributed by atoms with Crippen LogP contribution in [0.2, 0.25) is 0 Å². The van der Waals surface area contributed by atoms with E-state index in [9.17, 15) is 9.59 Å². The third-order valence-corrected chi connectivity index (χ3v) is 6.39. The van der Waals surface area contributed by atoms with Crippen LogP contribution in [0.3, 0.4) is 0 Å². The molecule has 7 nitrogen and oxygen atoms in total. The molecular formula is C17H25N5O2S. The topological polar surface area (TPSA) is 69.6 Å². The maximum absolute atomic E-state index is 13.0. The van der Waals surface area contributed by atoms with Crippen LogP contribution in [0.1, 0.15) is 51.4 Å². The van der Waals surface area contributed by atoms with Crippen LogP contribution in [0, 0.1) is 0 Å². The molecule has 25 heavy (non-hydrogen) atoms. The van der Waals surface area contributed by atoms with Gasteiger partial charge < -0.3 is 9.80 Å². The average Bonchev–Trinajstić information content (AvgIpc) is 3.31. The molecule has 0 unspecified atom stereocenters. The summed E-state index contributed by atoms with van der Waals surface area (Å²) in [5.74, 6) is 0.370. The van der Waals surface area contributed by atoms with Gasteiger partial charge in [-0.05, 0) is 32.1 Å². The monoisotopic (exact) mass is 363 g/mol. The molecule has 2 amide bonds. The fourth-order valence-electron chi connectivity index (χ4n) is 4.04. The molecule has 0 aromatic carbocycles. The highest BCUT2D eigenvalue weighted by Crippen LogP contribution is 2.34. The lowest BCUT2D eigenvalue weighted by Gasteiger charge is -2.29. The van der Waals surface area contributed by atoms with Crippen LogP contribution in [0.15, 0.2) is 0 Å². The second-order valence-electron chi connectivity index (χ2n) is 7.11. The fourth-order valence-corrected chi connectivity index (χ4v) is 5.00. The number of anilines is 2. The van der Waals surface area contributed by atoms with Crippen LogP contribution in [-0.2, 0) is 9.59 Å². The third-order valence-electron chi connectivity index (χ3n) is 5.41. The second-order valence-corrected chi connectivity index (χ2v) is 8.04. The molecule has 0 bridgehead atoms. The normalized spacial score (nSPS) is 24.9. The molecule has 1 aromatic rings. The molecule has 1 aromatic heterocycles. The van der Waals surface area contributed by atoms with E-state index in [1.807, 2.05) is 4.90 Å². The maximum atomic E-state index is 13.0. The van der Waals surface area contributed by atoms with Gasteiger partial charge in [-0.15, -0.1) is 10.2 Å². The molecule has 1 atom stereocenters. The standard InChI is InChI=1S/C17H25N5O2S/c23-14-8-6-12-22(14)17-19-18-16(25-17)21-11-5-7-13(21)15(24)20-9-3-1-2-4-10-20/h13H,1-12H2/t13-/m0/s1. The van der Waals surface area contributed by atoms with Crippen molar-refractivity contribution in [3.63, 3.8) is 0 Å². The van der Waals surface area contributed by atoms with Crippen molar-refractivity contribution in [3.05, 3.63) is 0 Å². The zero-order valence-corrected chi connectivity index (χ0v) is 15.3. The number of carbonyl (C=O) groups is 2. The Balaban J connectivity index is 1.48. The first-order valence-electron chi connectivity index (χ1n) is 9.43. The second kappa shape index (κ2) is 7.27. The summed E-state index contributed by atoms with van der Waals surface area (Å²) in [5.41, 5.74) is 0.